The first-order valence-electron chi connectivity index (χ1n) is 8.65. The van der Waals surface area contributed by atoms with E-state index in [1.54, 1.807) is 0 Å². The highest BCUT2D eigenvalue weighted by atomic mass is 35.5. The van der Waals surface area contributed by atoms with Crippen molar-refractivity contribution in [2.45, 2.75) is 44.1 Å². The van der Waals surface area contributed by atoms with Crippen molar-refractivity contribution in [3.8, 4) is 0 Å². The molecule has 0 bridgehead atoms. The molecule has 0 heterocycles. The molecule has 1 aliphatic rings. The molecule has 132 valence electrons. The van der Waals surface area contributed by atoms with Crippen LogP contribution in [-0.4, -0.2) is 10.7 Å². The number of nitrogens with one attached hydrogen (secondary N) is 2. The van der Waals surface area contributed by atoms with Crippen LogP contribution in [0, 0.1) is 0 Å². The van der Waals surface area contributed by atoms with Gasteiger partial charge in [-0.1, -0.05) is 60.3 Å². The average Bonchev–Trinajstić information content (AvgIpc) is 3.02. The van der Waals surface area contributed by atoms with Gasteiger partial charge in [-0.2, -0.15) is 0 Å². The molecule has 1 fully saturated rings. The highest BCUT2D eigenvalue weighted by Crippen LogP contribution is 2.34. The quantitative estimate of drug-likeness (QED) is 0.589. The number of hydrogen-bond acceptors (Lipinski definition) is 1. The molecule has 2 aromatic rings. The smallest absolute Gasteiger partial charge is 0.171 e. The zero-order chi connectivity index (χ0) is 17.7. The van der Waals surface area contributed by atoms with Crippen molar-refractivity contribution in [1.82, 2.24) is 5.32 Å². The summed E-state index contributed by atoms with van der Waals surface area (Å²) >= 11 is 17.9. The summed E-state index contributed by atoms with van der Waals surface area (Å²) in [6.45, 7) is 0. The van der Waals surface area contributed by atoms with Crippen LogP contribution in [0.5, 0.6) is 0 Å². The average molecular weight is 393 g/mol. The minimum Gasteiger partial charge on any atom is -0.357 e. The van der Waals surface area contributed by atoms with E-state index in [1.807, 2.05) is 42.5 Å². The predicted molar refractivity (Wildman–Crippen MR) is 112 cm³/mol. The molecule has 0 atom stereocenters. The van der Waals surface area contributed by atoms with E-state index in [1.165, 1.54) is 18.4 Å². The molecular formula is C20H22Cl2N2S. The van der Waals surface area contributed by atoms with Crippen LogP contribution in [0.1, 0.15) is 37.7 Å². The molecule has 1 aliphatic carbocycles. The summed E-state index contributed by atoms with van der Waals surface area (Å²) in [5.41, 5.74) is 2.15. The van der Waals surface area contributed by atoms with Crippen molar-refractivity contribution < 1.29 is 0 Å². The van der Waals surface area contributed by atoms with Crippen LogP contribution in [0.2, 0.25) is 10.0 Å². The van der Waals surface area contributed by atoms with Crippen molar-refractivity contribution in [2.24, 2.45) is 0 Å². The molecule has 2 N–H and O–H groups in total. The van der Waals surface area contributed by atoms with Crippen molar-refractivity contribution in [1.29, 1.82) is 0 Å². The minimum absolute atomic E-state index is 0.0435. The van der Waals surface area contributed by atoms with Gasteiger partial charge in [-0.15, -0.1) is 0 Å². The maximum atomic E-state index is 6.31. The molecule has 0 spiro atoms. The van der Waals surface area contributed by atoms with E-state index in [4.69, 9.17) is 35.4 Å². The van der Waals surface area contributed by atoms with Crippen LogP contribution < -0.4 is 10.6 Å². The van der Waals surface area contributed by atoms with Gasteiger partial charge in [-0.25, -0.2) is 0 Å². The molecule has 25 heavy (non-hydrogen) atoms. The van der Waals surface area contributed by atoms with E-state index in [9.17, 15) is 0 Å². The Morgan fingerprint density at radius 3 is 2.52 bits per heavy atom. The Hall–Kier alpha value is -1.29. The van der Waals surface area contributed by atoms with Gasteiger partial charge in [0, 0.05) is 21.3 Å². The second-order valence-corrected chi connectivity index (χ2v) is 7.92. The summed E-state index contributed by atoms with van der Waals surface area (Å²) in [4.78, 5) is 0. The van der Waals surface area contributed by atoms with Gasteiger partial charge in [-0.05, 0) is 67.7 Å². The Bertz CT molecular complexity index is 742. The summed E-state index contributed by atoms with van der Waals surface area (Å²) in [7, 11) is 0. The predicted octanol–water partition coefficient (Wildman–Crippen LogP) is 6.23. The highest BCUT2D eigenvalue weighted by Gasteiger charge is 2.34. The lowest BCUT2D eigenvalue weighted by atomic mass is 9.89. The Kier molecular flexibility index (Phi) is 6.21. The molecule has 0 aliphatic heterocycles. The zero-order valence-corrected chi connectivity index (χ0v) is 16.4. The lowest BCUT2D eigenvalue weighted by Gasteiger charge is -2.32. The van der Waals surface area contributed by atoms with Gasteiger partial charge < -0.3 is 10.6 Å². The monoisotopic (exact) mass is 392 g/mol. The molecule has 2 nitrogen and oxygen atoms in total. The number of thiocarbonyl (C=S) groups is 1. The van der Waals surface area contributed by atoms with E-state index >= 15 is 0 Å². The maximum absolute atomic E-state index is 6.31. The van der Waals surface area contributed by atoms with Gasteiger partial charge in [0.2, 0.25) is 0 Å². The second-order valence-electron chi connectivity index (χ2n) is 6.67. The second kappa shape index (κ2) is 8.39. The van der Waals surface area contributed by atoms with Crippen LogP contribution in [-0.2, 0) is 6.42 Å². The zero-order valence-electron chi connectivity index (χ0n) is 14.0. The first-order valence-corrected chi connectivity index (χ1v) is 9.81. The van der Waals surface area contributed by atoms with Gasteiger partial charge in [0.25, 0.3) is 0 Å². The van der Waals surface area contributed by atoms with E-state index in [2.05, 4.69) is 16.7 Å². The van der Waals surface area contributed by atoms with Crippen molar-refractivity contribution >= 4 is 46.2 Å². The topological polar surface area (TPSA) is 24.1 Å². The van der Waals surface area contributed by atoms with E-state index in [0.29, 0.717) is 10.1 Å². The minimum atomic E-state index is 0.0435. The summed E-state index contributed by atoms with van der Waals surface area (Å²) in [5, 5.41) is 9.03. The van der Waals surface area contributed by atoms with Crippen molar-refractivity contribution in [3.63, 3.8) is 0 Å². The Morgan fingerprint density at radius 2 is 1.80 bits per heavy atom. The first kappa shape index (κ1) is 18.5. The fourth-order valence-electron chi connectivity index (χ4n) is 3.53. The van der Waals surface area contributed by atoms with Crippen LogP contribution in [0.15, 0.2) is 48.5 Å². The van der Waals surface area contributed by atoms with E-state index in [-0.39, 0.29) is 5.54 Å². The number of hydrogen-bond donors (Lipinski definition) is 2. The van der Waals surface area contributed by atoms with Crippen molar-refractivity contribution in [3.05, 3.63) is 64.1 Å². The molecule has 3 rings (SSSR count). The third-order valence-electron chi connectivity index (χ3n) is 4.85. The summed E-state index contributed by atoms with van der Waals surface area (Å²) in [5.74, 6) is 0. The molecule has 2 aromatic carbocycles. The Labute approximate surface area is 164 Å². The third-order valence-corrected chi connectivity index (χ3v) is 5.66. The Balaban J connectivity index is 1.64. The van der Waals surface area contributed by atoms with Gasteiger partial charge >= 0.3 is 0 Å². The number of benzene rings is 2. The molecule has 0 saturated heterocycles. The fraction of sp³-hybridized carbons (Fsp3) is 0.350. The SMILES string of the molecule is S=C(Nc1cccc(Cl)c1)NC1(CCc2ccccc2Cl)CCCC1. The number of anilines is 1. The lowest BCUT2D eigenvalue weighted by Crippen LogP contribution is -2.48. The third kappa shape index (κ3) is 5.10. The summed E-state index contributed by atoms with van der Waals surface area (Å²) in [6, 6.07) is 15.7. The molecular weight excluding hydrogens is 371 g/mol. The first-order chi connectivity index (χ1) is 12.1. The fourth-order valence-corrected chi connectivity index (χ4v) is 4.29. The van der Waals surface area contributed by atoms with Crippen LogP contribution in [0.3, 0.4) is 0 Å². The normalized spacial score (nSPS) is 15.8. The van der Waals surface area contributed by atoms with Crippen LogP contribution >= 0.6 is 35.4 Å². The van der Waals surface area contributed by atoms with Gasteiger partial charge in [-0.3, -0.25) is 0 Å². The van der Waals surface area contributed by atoms with Crippen LogP contribution in [0.25, 0.3) is 0 Å². The lowest BCUT2D eigenvalue weighted by molar-refractivity contribution is 0.362. The molecule has 0 unspecified atom stereocenters. The number of rotatable bonds is 5. The molecule has 5 heteroatoms. The standard InChI is InChI=1S/C20H22Cl2N2S/c21-16-7-5-8-17(14-16)23-19(25)24-20(11-3-4-12-20)13-10-15-6-1-2-9-18(15)22/h1-2,5-9,14H,3-4,10-13H2,(H2,23,24,25). The summed E-state index contributed by atoms with van der Waals surface area (Å²) in [6.07, 6.45) is 6.70. The maximum Gasteiger partial charge on any atom is 0.171 e. The molecule has 0 amide bonds. The molecule has 1 saturated carbocycles. The summed E-state index contributed by atoms with van der Waals surface area (Å²) < 4.78 is 0. The van der Waals surface area contributed by atoms with Gasteiger partial charge in [0.1, 0.15) is 0 Å². The largest absolute Gasteiger partial charge is 0.357 e. The van der Waals surface area contributed by atoms with E-state index < -0.39 is 0 Å². The highest BCUT2D eigenvalue weighted by molar-refractivity contribution is 7.80. The number of halogens is 2. The molecule has 0 aromatic heterocycles. The number of aryl methyl sites for hydroxylation is 1. The Morgan fingerprint density at radius 1 is 1.04 bits per heavy atom. The van der Waals surface area contributed by atoms with Gasteiger partial charge in [0.05, 0.1) is 0 Å². The van der Waals surface area contributed by atoms with Gasteiger partial charge in [0.15, 0.2) is 5.11 Å². The molecule has 0 radical (unpaired) electrons. The van der Waals surface area contributed by atoms with E-state index in [0.717, 1.165) is 36.4 Å². The van der Waals surface area contributed by atoms with Crippen molar-refractivity contribution in [2.75, 3.05) is 5.32 Å². The van der Waals surface area contributed by atoms with Crippen LogP contribution in [0.4, 0.5) is 5.69 Å².